The second kappa shape index (κ2) is 13.8. The number of nitrogens with one attached hydrogen (secondary N) is 1. The molecule has 3 N–H and O–H groups in total. The van der Waals surface area contributed by atoms with Crippen LogP contribution in [0, 0.1) is 17.8 Å². The first-order valence-corrected chi connectivity index (χ1v) is 13.9. The van der Waals surface area contributed by atoms with Gasteiger partial charge in [0.15, 0.2) is 0 Å². The van der Waals surface area contributed by atoms with E-state index >= 15 is 0 Å². The molecule has 1 aromatic heterocycles. The maximum Gasteiger partial charge on any atom is 0.416 e. The molecule has 40 heavy (non-hydrogen) atoms. The van der Waals surface area contributed by atoms with Gasteiger partial charge in [-0.05, 0) is 67.3 Å². The Morgan fingerprint density at radius 1 is 1.10 bits per heavy atom. The zero-order valence-electron chi connectivity index (χ0n) is 23.3. The number of likely N-dealkylation sites (tertiary alicyclic amines) is 1. The molecule has 1 aliphatic heterocycles. The summed E-state index contributed by atoms with van der Waals surface area (Å²) < 4.78 is 38.8. The van der Waals surface area contributed by atoms with Crippen LogP contribution in [0.4, 0.5) is 13.2 Å². The van der Waals surface area contributed by atoms with E-state index in [-0.39, 0.29) is 24.3 Å². The zero-order valence-corrected chi connectivity index (χ0v) is 23.3. The van der Waals surface area contributed by atoms with Crippen molar-refractivity contribution >= 4 is 17.7 Å². The van der Waals surface area contributed by atoms with Crippen LogP contribution in [0.2, 0.25) is 0 Å². The largest absolute Gasteiger partial charge is 0.416 e. The van der Waals surface area contributed by atoms with Gasteiger partial charge in [0.05, 0.1) is 5.56 Å². The Labute approximate surface area is 233 Å². The minimum atomic E-state index is -4.41. The smallest absolute Gasteiger partial charge is 0.369 e. The molecule has 10 heteroatoms. The van der Waals surface area contributed by atoms with Crippen molar-refractivity contribution in [2.45, 2.75) is 78.1 Å². The lowest BCUT2D eigenvalue weighted by molar-refractivity contribution is -0.139. The summed E-state index contributed by atoms with van der Waals surface area (Å²) in [6.07, 6.45) is 2.50. The number of amides is 3. The van der Waals surface area contributed by atoms with Crippen LogP contribution >= 0.6 is 0 Å². The number of nitrogens with two attached hydrogens (primary N) is 1. The first kappa shape index (κ1) is 31.1. The van der Waals surface area contributed by atoms with Crippen LogP contribution < -0.4 is 11.1 Å². The highest BCUT2D eigenvalue weighted by Crippen LogP contribution is 2.31. The highest BCUT2D eigenvalue weighted by Gasteiger charge is 2.36. The number of primary amides is 1. The molecule has 0 bridgehead atoms. The Kier molecular flexibility index (Phi) is 10.7. The van der Waals surface area contributed by atoms with Crippen LogP contribution in [-0.4, -0.2) is 40.2 Å². The second-order valence-electron chi connectivity index (χ2n) is 11.0. The molecule has 218 valence electrons. The number of halogens is 3. The van der Waals surface area contributed by atoms with E-state index in [1.807, 2.05) is 26.8 Å². The molecule has 0 aliphatic carbocycles. The highest BCUT2D eigenvalue weighted by molar-refractivity contribution is 5.91. The number of benzene rings is 1. The van der Waals surface area contributed by atoms with Gasteiger partial charge in [-0.25, -0.2) is 0 Å². The number of rotatable bonds is 11. The topological polar surface area (TPSA) is 105 Å². The molecule has 1 aliphatic rings. The zero-order chi connectivity index (χ0) is 29.4. The third-order valence-corrected chi connectivity index (χ3v) is 7.32. The van der Waals surface area contributed by atoms with Crippen LogP contribution in [0.15, 0.2) is 42.7 Å². The molecule has 0 spiro atoms. The third kappa shape index (κ3) is 8.29. The Bertz CT molecular complexity index is 1170. The molecule has 1 saturated heterocycles. The van der Waals surface area contributed by atoms with Crippen LogP contribution in [0.3, 0.4) is 0 Å². The molecule has 1 aromatic carbocycles. The highest BCUT2D eigenvalue weighted by atomic mass is 19.4. The van der Waals surface area contributed by atoms with Crippen LogP contribution in [0.1, 0.15) is 70.4 Å². The van der Waals surface area contributed by atoms with Crippen molar-refractivity contribution in [1.29, 1.82) is 0 Å². The fraction of sp³-hybridized carbons (Fsp3) is 0.533. The summed E-state index contributed by atoms with van der Waals surface area (Å²) in [6, 6.07) is 5.95. The summed E-state index contributed by atoms with van der Waals surface area (Å²) in [4.78, 5) is 45.1. The maximum atomic E-state index is 13.5. The summed E-state index contributed by atoms with van der Waals surface area (Å²) in [5, 5.41) is 2.93. The fourth-order valence-electron chi connectivity index (χ4n) is 5.29. The molecule has 1 fully saturated rings. The van der Waals surface area contributed by atoms with E-state index < -0.39 is 35.5 Å². The van der Waals surface area contributed by atoms with Crippen molar-refractivity contribution in [3.05, 3.63) is 53.9 Å². The Morgan fingerprint density at radius 3 is 2.40 bits per heavy atom. The van der Waals surface area contributed by atoms with Crippen LogP contribution in [0.5, 0.6) is 0 Å². The van der Waals surface area contributed by atoms with Crippen molar-refractivity contribution in [2.75, 3.05) is 6.54 Å². The van der Waals surface area contributed by atoms with Gasteiger partial charge in [0.1, 0.15) is 6.04 Å². The van der Waals surface area contributed by atoms with Crippen molar-refractivity contribution in [2.24, 2.45) is 23.5 Å². The van der Waals surface area contributed by atoms with Gasteiger partial charge in [-0.1, -0.05) is 39.3 Å². The van der Waals surface area contributed by atoms with Gasteiger partial charge in [-0.3, -0.25) is 19.4 Å². The van der Waals surface area contributed by atoms with E-state index in [1.165, 1.54) is 12.1 Å². The summed E-state index contributed by atoms with van der Waals surface area (Å²) in [6.45, 7) is 6.66. The molecule has 3 amide bonds. The summed E-state index contributed by atoms with van der Waals surface area (Å²) in [7, 11) is 0. The second-order valence-corrected chi connectivity index (χ2v) is 11.0. The molecule has 0 radical (unpaired) electrons. The van der Waals surface area contributed by atoms with Crippen molar-refractivity contribution in [3.8, 4) is 11.1 Å². The number of nitrogens with zero attached hydrogens (tertiary/aromatic N) is 2. The van der Waals surface area contributed by atoms with Gasteiger partial charge in [-0.2, -0.15) is 13.2 Å². The predicted molar refractivity (Wildman–Crippen MR) is 146 cm³/mol. The van der Waals surface area contributed by atoms with Gasteiger partial charge < -0.3 is 16.0 Å². The monoisotopic (exact) mass is 560 g/mol. The van der Waals surface area contributed by atoms with Gasteiger partial charge >= 0.3 is 6.18 Å². The lowest BCUT2D eigenvalue weighted by atomic mass is 9.81. The van der Waals surface area contributed by atoms with E-state index in [9.17, 15) is 27.6 Å². The summed E-state index contributed by atoms with van der Waals surface area (Å²) >= 11 is 0. The number of hydrogen-bond donors (Lipinski definition) is 2. The van der Waals surface area contributed by atoms with E-state index in [1.54, 1.807) is 17.3 Å². The number of carbonyl (C=O) groups is 3. The lowest BCUT2D eigenvalue weighted by Crippen LogP contribution is -2.50. The number of pyridine rings is 1. The van der Waals surface area contributed by atoms with Crippen molar-refractivity contribution in [1.82, 2.24) is 15.2 Å². The maximum absolute atomic E-state index is 13.5. The minimum absolute atomic E-state index is 0.167. The predicted octanol–water partition coefficient (Wildman–Crippen LogP) is 5.33. The minimum Gasteiger partial charge on any atom is -0.369 e. The number of alkyl halides is 3. The molecule has 3 atom stereocenters. The van der Waals surface area contributed by atoms with Crippen molar-refractivity contribution < 1.29 is 27.6 Å². The van der Waals surface area contributed by atoms with Crippen molar-refractivity contribution in [3.63, 3.8) is 0 Å². The van der Waals surface area contributed by atoms with Crippen LogP contribution in [-0.2, 0) is 27.1 Å². The number of aromatic nitrogens is 1. The molecule has 7 nitrogen and oxygen atoms in total. The molecular formula is C30H39F3N4O3. The number of carbonyl (C=O) groups excluding carboxylic acids is 3. The quantitative estimate of drug-likeness (QED) is 0.388. The summed E-state index contributed by atoms with van der Waals surface area (Å²) in [5.74, 6) is -2.07. The van der Waals surface area contributed by atoms with Gasteiger partial charge in [0.25, 0.3) is 0 Å². The number of hydrogen-bond acceptors (Lipinski definition) is 4. The third-order valence-electron chi connectivity index (χ3n) is 7.32. The van der Waals surface area contributed by atoms with Crippen LogP contribution in [0.25, 0.3) is 11.1 Å². The normalized spacial score (nSPS) is 17.8. The molecule has 2 heterocycles. The van der Waals surface area contributed by atoms with Gasteiger partial charge in [0.2, 0.25) is 17.7 Å². The standard InChI is InChI=1S/C30H39F3N4O3/c1-4-7-24(27(34)38)25(14-19(2)3)28(39)36-26-8-5-6-13-37(29(26)40)18-20-15-22(17-35-16-20)21-9-11-23(12-10-21)30(31,32)33/h9-12,15-17,19,24-26H,4-8,13-14,18H2,1-3H3,(H2,34,38)(H,36,39)/t24-,25+,26?/m0/s1. The Hall–Kier alpha value is -3.43. The first-order valence-electron chi connectivity index (χ1n) is 13.9. The average Bonchev–Trinajstić information content (AvgIpc) is 3.06. The Morgan fingerprint density at radius 2 is 1.80 bits per heavy atom. The average molecular weight is 561 g/mol. The van der Waals surface area contributed by atoms with Gasteiger partial charge in [0, 0.05) is 42.9 Å². The van der Waals surface area contributed by atoms with E-state index in [0.717, 1.165) is 30.5 Å². The molecule has 0 saturated carbocycles. The summed E-state index contributed by atoms with van der Waals surface area (Å²) in [5.41, 5.74) is 6.89. The fourth-order valence-corrected chi connectivity index (χ4v) is 5.29. The van der Waals surface area contributed by atoms with E-state index in [4.69, 9.17) is 5.73 Å². The molecule has 2 aromatic rings. The lowest BCUT2D eigenvalue weighted by Gasteiger charge is -2.29. The van der Waals surface area contributed by atoms with E-state index in [2.05, 4.69) is 10.3 Å². The molecule has 3 rings (SSSR count). The van der Waals surface area contributed by atoms with Gasteiger partial charge in [-0.15, -0.1) is 0 Å². The molecular weight excluding hydrogens is 521 g/mol. The molecule has 1 unspecified atom stereocenters. The first-order chi connectivity index (χ1) is 18.9. The Balaban J connectivity index is 1.75. The van der Waals surface area contributed by atoms with E-state index in [0.29, 0.717) is 43.4 Å². The SMILES string of the molecule is CCC[C@H](C(N)=O)[C@@H](CC(C)C)C(=O)NC1CCCCN(Cc2cncc(-c3ccc(C(F)(F)F)cc3)c2)C1=O.